The third-order valence-corrected chi connectivity index (χ3v) is 2.02. The molecule has 0 radical (unpaired) electrons. The van der Waals surface area contributed by atoms with Crippen LogP contribution in [0.15, 0.2) is 23.2 Å². The lowest BCUT2D eigenvalue weighted by atomic mass is 10.3. The first-order valence-corrected chi connectivity index (χ1v) is 5.67. The van der Waals surface area contributed by atoms with E-state index in [2.05, 4.69) is 9.71 Å². The summed E-state index contributed by atoms with van der Waals surface area (Å²) >= 11 is 0. The van der Waals surface area contributed by atoms with E-state index in [0.717, 1.165) is 18.4 Å². The van der Waals surface area contributed by atoms with Crippen molar-refractivity contribution in [2.24, 2.45) is 4.99 Å². The summed E-state index contributed by atoms with van der Waals surface area (Å²) in [5.41, 5.74) is -0.133. The van der Waals surface area contributed by atoms with Crippen molar-refractivity contribution in [1.29, 1.82) is 0 Å². The summed E-state index contributed by atoms with van der Waals surface area (Å²) in [7, 11) is -3.43. The molecule has 0 amide bonds. The number of halogens is 1. The molecule has 0 bridgehead atoms. The smallest absolute Gasteiger partial charge is 0.240 e. The Kier molecular flexibility index (Phi) is 3.18. The fourth-order valence-electron chi connectivity index (χ4n) is 0.925. The van der Waals surface area contributed by atoms with Gasteiger partial charge in [0.1, 0.15) is 11.5 Å². The first-order valence-electron chi connectivity index (χ1n) is 3.77. The average Bonchev–Trinajstić information content (AvgIpc) is 2.09. The maximum atomic E-state index is 12.9. The molecule has 15 heavy (non-hydrogen) atoms. The van der Waals surface area contributed by atoms with Crippen LogP contribution in [0.2, 0.25) is 0 Å². The quantitative estimate of drug-likeness (QED) is 0.625. The lowest BCUT2D eigenvalue weighted by molar-refractivity contribution is 0.564. The van der Waals surface area contributed by atoms with Crippen LogP contribution in [0, 0.1) is 5.82 Å². The number of anilines is 1. The van der Waals surface area contributed by atoms with Crippen LogP contribution in [0.3, 0.4) is 0 Å². The van der Waals surface area contributed by atoms with E-state index in [-0.39, 0.29) is 11.4 Å². The molecule has 80 valence electrons. The fourth-order valence-corrected chi connectivity index (χ4v) is 1.48. The molecule has 0 unspecified atom stereocenters. The van der Waals surface area contributed by atoms with Crippen molar-refractivity contribution in [3.8, 4) is 0 Å². The summed E-state index contributed by atoms with van der Waals surface area (Å²) in [4.78, 5) is 13.0. The predicted molar refractivity (Wildman–Crippen MR) is 52.6 cm³/mol. The molecule has 0 aliphatic heterocycles. The van der Waals surface area contributed by atoms with Crippen molar-refractivity contribution >= 4 is 27.5 Å². The molecule has 1 aromatic carbocycles. The highest BCUT2D eigenvalue weighted by Gasteiger charge is 2.05. The van der Waals surface area contributed by atoms with Crippen LogP contribution in [-0.4, -0.2) is 20.8 Å². The molecule has 0 aliphatic carbocycles. The SMILES string of the molecule is CS(=O)(=O)Nc1ccc(F)c(N=C=O)c1. The number of hydrogen-bond acceptors (Lipinski definition) is 4. The molecule has 1 rings (SSSR count). The van der Waals surface area contributed by atoms with Gasteiger partial charge in [-0.15, -0.1) is 0 Å². The zero-order valence-electron chi connectivity index (χ0n) is 7.69. The van der Waals surface area contributed by atoms with E-state index >= 15 is 0 Å². The minimum atomic E-state index is -3.43. The molecule has 0 heterocycles. The van der Waals surface area contributed by atoms with Crippen LogP contribution in [0.25, 0.3) is 0 Å². The molecule has 1 N–H and O–H groups in total. The maximum Gasteiger partial charge on any atom is 0.240 e. The van der Waals surface area contributed by atoms with Gasteiger partial charge in [-0.05, 0) is 18.2 Å². The van der Waals surface area contributed by atoms with E-state index in [0.29, 0.717) is 0 Å². The van der Waals surface area contributed by atoms with E-state index in [9.17, 15) is 17.6 Å². The summed E-state index contributed by atoms with van der Waals surface area (Å²) in [6.07, 6.45) is 2.13. The second-order valence-corrected chi connectivity index (χ2v) is 4.49. The molecule has 5 nitrogen and oxygen atoms in total. The standard InChI is InChI=1S/C8H7FN2O3S/c1-15(13,14)11-6-2-3-7(9)8(4-6)10-5-12/h2-4,11H,1H3. The summed E-state index contributed by atoms with van der Waals surface area (Å²) in [6, 6.07) is 3.32. The number of hydrogen-bond donors (Lipinski definition) is 1. The first-order chi connectivity index (χ1) is 6.92. The Morgan fingerprint density at radius 3 is 2.67 bits per heavy atom. The number of rotatable bonds is 3. The van der Waals surface area contributed by atoms with Crippen LogP contribution in [0.1, 0.15) is 0 Å². The van der Waals surface area contributed by atoms with E-state index in [1.807, 2.05) is 0 Å². The molecular formula is C8H7FN2O3S. The number of sulfonamides is 1. The van der Waals surface area contributed by atoms with Crippen LogP contribution >= 0.6 is 0 Å². The van der Waals surface area contributed by atoms with Crippen molar-refractivity contribution < 1.29 is 17.6 Å². The zero-order chi connectivity index (χ0) is 11.5. The summed E-state index contributed by atoms with van der Waals surface area (Å²) < 4.78 is 36.7. The highest BCUT2D eigenvalue weighted by molar-refractivity contribution is 7.92. The van der Waals surface area contributed by atoms with Crippen molar-refractivity contribution in [3.63, 3.8) is 0 Å². The highest BCUT2D eigenvalue weighted by Crippen LogP contribution is 2.22. The molecule has 0 spiro atoms. The van der Waals surface area contributed by atoms with Crippen molar-refractivity contribution in [3.05, 3.63) is 24.0 Å². The lowest BCUT2D eigenvalue weighted by Crippen LogP contribution is -2.09. The van der Waals surface area contributed by atoms with Crippen molar-refractivity contribution in [2.75, 3.05) is 11.0 Å². The Labute approximate surface area is 85.7 Å². The second-order valence-electron chi connectivity index (χ2n) is 2.74. The van der Waals surface area contributed by atoms with Gasteiger partial charge in [-0.3, -0.25) is 4.72 Å². The van der Waals surface area contributed by atoms with Gasteiger partial charge in [0.2, 0.25) is 16.1 Å². The Morgan fingerprint density at radius 1 is 1.47 bits per heavy atom. The summed E-state index contributed by atoms with van der Waals surface area (Å²) in [5, 5.41) is 0. The Hall–Kier alpha value is -1.72. The molecule has 0 saturated carbocycles. The van der Waals surface area contributed by atoms with Crippen molar-refractivity contribution in [1.82, 2.24) is 0 Å². The van der Waals surface area contributed by atoms with E-state index < -0.39 is 15.8 Å². The maximum absolute atomic E-state index is 12.9. The van der Waals surface area contributed by atoms with Crippen LogP contribution in [-0.2, 0) is 14.8 Å². The van der Waals surface area contributed by atoms with Crippen LogP contribution in [0.4, 0.5) is 15.8 Å². The number of nitrogens with one attached hydrogen (secondary N) is 1. The summed E-state index contributed by atoms with van der Waals surface area (Å²) in [5.74, 6) is -0.725. The van der Waals surface area contributed by atoms with E-state index in [1.165, 1.54) is 12.1 Å². The number of carbonyl (C=O) groups excluding carboxylic acids is 1. The van der Waals surface area contributed by atoms with Gasteiger partial charge in [-0.2, -0.15) is 4.99 Å². The third-order valence-electron chi connectivity index (χ3n) is 1.42. The zero-order valence-corrected chi connectivity index (χ0v) is 8.51. The number of benzene rings is 1. The topological polar surface area (TPSA) is 75.6 Å². The van der Waals surface area contributed by atoms with Crippen molar-refractivity contribution in [2.45, 2.75) is 0 Å². The minimum Gasteiger partial charge on any atom is -0.284 e. The second kappa shape index (κ2) is 4.20. The molecule has 0 saturated heterocycles. The largest absolute Gasteiger partial charge is 0.284 e. The number of nitrogens with zero attached hydrogens (tertiary/aromatic N) is 1. The van der Waals surface area contributed by atoms with Gasteiger partial charge in [0, 0.05) is 0 Å². The number of isocyanates is 1. The average molecular weight is 230 g/mol. The molecule has 1 aromatic rings. The molecule has 0 aromatic heterocycles. The van der Waals surface area contributed by atoms with E-state index in [4.69, 9.17) is 0 Å². The fraction of sp³-hybridized carbons (Fsp3) is 0.125. The van der Waals surface area contributed by atoms with Gasteiger partial charge >= 0.3 is 0 Å². The highest BCUT2D eigenvalue weighted by atomic mass is 32.2. The van der Waals surface area contributed by atoms with Gasteiger partial charge in [-0.25, -0.2) is 17.6 Å². The van der Waals surface area contributed by atoms with Gasteiger partial charge in [0.05, 0.1) is 11.9 Å². The van der Waals surface area contributed by atoms with E-state index in [1.54, 1.807) is 0 Å². The Bertz CT molecular complexity index is 521. The number of aliphatic imine (C=N–C) groups is 1. The monoisotopic (exact) mass is 230 g/mol. The molecule has 0 atom stereocenters. The molecule has 0 aliphatic rings. The molecular weight excluding hydrogens is 223 g/mol. The van der Waals surface area contributed by atoms with Crippen LogP contribution < -0.4 is 4.72 Å². The van der Waals surface area contributed by atoms with Crippen LogP contribution in [0.5, 0.6) is 0 Å². The Morgan fingerprint density at radius 2 is 2.13 bits per heavy atom. The summed E-state index contributed by atoms with van der Waals surface area (Å²) in [6.45, 7) is 0. The minimum absolute atomic E-state index is 0.132. The third kappa shape index (κ3) is 3.49. The van der Waals surface area contributed by atoms with Gasteiger partial charge < -0.3 is 0 Å². The molecule has 0 fully saturated rings. The first kappa shape index (κ1) is 11.4. The normalized spacial score (nSPS) is 10.5. The predicted octanol–water partition coefficient (Wildman–Crippen LogP) is 1.16. The van der Waals surface area contributed by atoms with Gasteiger partial charge in [0.25, 0.3) is 0 Å². The van der Waals surface area contributed by atoms with Gasteiger partial charge in [-0.1, -0.05) is 0 Å². The Balaban J connectivity index is 3.13. The lowest BCUT2D eigenvalue weighted by Gasteiger charge is -2.03. The molecule has 7 heteroatoms. The van der Waals surface area contributed by atoms with Gasteiger partial charge in [0.15, 0.2) is 0 Å².